The lowest BCUT2D eigenvalue weighted by atomic mass is 10.1. The van der Waals surface area contributed by atoms with E-state index in [1.807, 2.05) is 35.0 Å². The summed E-state index contributed by atoms with van der Waals surface area (Å²) in [5, 5.41) is 19.5. The van der Waals surface area contributed by atoms with E-state index in [0.29, 0.717) is 17.6 Å². The number of nitrogens with zero attached hydrogens (tertiary/aromatic N) is 1. The quantitative estimate of drug-likeness (QED) is 0.766. The van der Waals surface area contributed by atoms with Crippen LogP contribution < -0.4 is 0 Å². The largest absolute Gasteiger partial charge is 0.508 e. The first-order chi connectivity index (χ1) is 9.65. The Morgan fingerprint density at radius 3 is 2.50 bits per heavy atom. The number of benzene rings is 2. The van der Waals surface area contributed by atoms with Crippen LogP contribution in [0.15, 0.2) is 54.7 Å². The standard InChI is InChI=1S/C16H13NO3/c18-13-6-4-11(5-7-13)10-17-9-8-12-2-1-3-14(15(12)17)16(19)20/h1-9,18H,10H2,(H,19,20). The van der Waals surface area contributed by atoms with Crippen LogP contribution in [0.3, 0.4) is 0 Å². The van der Waals surface area contributed by atoms with E-state index < -0.39 is 5.97 Å². The number of phenolic OH excluding ortho intramolecular Hbond substituents is 1. The minimum absolute atomic E-state index is 0.220. The van der Waals surface area contributed by atoms with Crippen LogP contribution in [-0.4, -0.2) is 20.7 Å². The van der Waals surface area contributed by atoms with Gasteiger partial charge in [-0.2, -0.15) is 0 Å². The normalized spacial score (nSPS) is 10.8. The number of aromatic carboxylic acids is 1. The van der Waals surface area contributed by atoms with Crippen LogP contribution in [0.5, 0.6) is 5.75 Å². The van der Waals surface area contributed by atoms with Gasteiger partial charge in [0.1, 0.15) is 5.75 Å². The summed E-state index contributed by atoms with van der Waals surface area (Å²) in [5.41, 5.74) is 2.01. The summed E-state index contributed by atoms with van der Waals surface area (Å²) >= 11 is 0. The average molecular weight is 267 g/mol. The third-order valence-electron chi connectivity index (χ3n) is 3.31. The van der Waals surface area contributed by atoms with Gasteiger partial charge < -0.3 is 14.8 Å². The van der Waals surface area contributed by atoms with E-state index in [0.717, 1.165) is 10.9 Å². The smallest absolute Gasteiger partial charge is 0.337 e. The summed E-state index contributed by atoms with van der Waals surface area (Å²) in [6, 6.07) is 14.1. The van der Waals surface area contributed by atoms with Crippen molar-refractivity contribution in [3.63, 3.8) is 0 Å². The Kier molecular flexibility index (Phi) is 2.91. The summed E-state index contributed by atoms with van der Waals surface area (Å²) in [5.74, 6) is -0.710. The second-order valence-corrected chi connectivity index (χ2v) is 4.66. The fourth-order valence-corrected chi connectivity index (χ4v) is 2.36. The molecule has 4 nitrogen and oxygen atoms in total. The van der Waals surface area contributed by atoms with Crippen molar-refractivity contribution < 1.29 is 15.0 Å². The molecule has 1 heterocycles. The van der Waals surface area contributed by atoms with Crippen LogP contribution in [-0.2, 0) is 6.54 Å². The van der Waals surface area contributed by atoms with Crippen molar-refractivity contribution in [2.24, 2.45) is 0 Å². The summed E-state index contributed by atoms with van der Waals surface area (Å²) in [6.45, 7) is 0.564. The van der Waals surface area contributed by atoms with Crippen molar-refractivity contribution in [1.82, 2.24) is 4.57 Å². The molecule has 0 bridgehead atoms. The van der Waals surface area contributed by atoms with E-state index in [2.05, 4.69) is 0 Å². The molecule has 1 aromatic heterocycles. The molecule has 0 aliphatic heterocycles. The van der Waals surface area contributed by atoms with Crippen LogP contribution >= 0.6 is 0 Å². The first-order valence-corrected chi connectivity index (χ1v) is 6.24. The predicted molar refractivity (Wildman–Crippen MR) is 76.1 cm³/mol. The first-order valence-electron chi connectivity index (χ1n) is 6.24. The number of phenols is 1. The molecule has 2 N–H and O–H groups in total. The number of aromatic nitrogens is 1. The molecule has 3 aromatic rings. The Balaban J connectivity index is 2.07. The highest BCUT2D eigenvalue weighted by atomic mass is 16.4. The molecule has 0 unspecified atom stereocenters. The Morgan fingerprint density at radius 2 is 1.80 bits per heavy atom. The summed E-state index contributed by atoms with van der Waals surface area (Å²) < 4.78 is 1.91. The number of carboxylic acids is 1. The Hall–Kier alpha value is -2.75. The van der Waals surface area contributed by atoms with Crippen molar-refractivity contribution in [1.29, 1.82) is 0 Å². The van der Waals surface area contributed by atoms with Gasteiger partial charge in [-0.25, -0.2) is 4.79 Å². The van der Waals surface area contributed by atoms with Crippen LogP contribution in [0.1, 0.15) is 15.9 Å². The maximum atomic E-state index is 11.3. The maximum absolute atomic E-state index is 11.3. The zero-order chi connectivity index (χ0) is 14.1. The fourth-order valence-electron chi connectivity index (χ4n) is 2.36. The lowest BCUT2D eigenvalue weighted by molar-refractivity contribution is 0.0698. The molecule has 2 aromatic carbocycles. The van der Waals surface area contributed by atoms with Gasteiger partial charge in [-0.05, 0) is 29.8 Å². The SMILES string of the molecule is O=C(O)c1cccc2ccn(Cc3ccc(O)cc3)c12. The molecule has 0 fully saturated rings. The molecule has 0 aliphatic rings. The highest BCUT2D eigenvalue weighted by Gasteiger charge is 2.12. The number of rotatable bonds is 3. The highest BCUT2D eigenvalue weighted by molar-refractivity contribution is 6.02. The summed E-state index contributed by atoms with van der Waals surface area (Å²) in [7, 11) is 0. The van der Waals surface area contributed by atoms with Crippen LogP contribution in [0.2, 0.25) is 0 Å². The van der Waals surface area contributed by atoms with Crippen LogP contribution in [0.25, 0.3) is 10.9 Å². The molecular weight excluding hydrogens is 254 g/mol. The summed E-state index contributed by atoms with van der Waals surface area (Å²) in [6.07, 6.45) is 1.88. The van der Waals surface area contributed by atoms with Gasteiger partial charge >= 0.3 is 5.97 Å². The number of carboxylic acid groups (broad SMARTS) is 1. The number of carbonyl (C=O) groups is 1. The van der Waals surface area contributed by atoms with E-state index in [1.54, 1.807) is 24.3 Å². The molecule has 4 heteroatoms. The van der Waals surface area contributed by atoms with Gasteiger partial charge in [0, 0.05) is 18.1 Å². The summed E-state index contributed by atoms with van der Waals surface area (Å²) in [4.78, 5) is 11.3. The second-order valence-electron chi connectivity index (χ2n) is 4.66. The molecule has 0 radical (unpaired) electrons. The van der Waals surface area contributed by atoms with Crippen molar-refractivity contribution >= 4 is 16.9 Å². The van der Waals surface area contributed by atoms with Gasteiger partial charge in [0.2, 0.25) is 0 Å². The van der Waals surface area contributed by atoms with Crippen LogP contribution in [0, 0.1) is 0 Å². The number of hydrogen-bond donors (Lipinski definition) is 2. The van der Waals surface area contributed by atoms with Crippen molar-refractivity contribution in [2.45, 2.75) is 6.54 Å². The topological polar surface area (TPSA) is 62.5 Å². The predicted octanol–water partition coefficient (Wildman–Crippen LogP) is 3.09. The Morgan fingerprint density at radius 1 is 1.05 bits per heavy atom. The fraction of sp³-hybridized carbons (Fsp3) is 0.0625. The lowest BCUT2D eigenvalue weighted by Gasteiger charge is -2.08. The minimum atomic E-state index is -0.929. The maximum Gasteiger partial charge on any atom is 0.337 e. The first kappa shape index (κ1) is 12.3. The molecule has 0 saturated heterocycles. The van der Waals surface area contributed by atoms with Gasteiger partial charge in [0.05, 0.1) is 11.1 Å². The zero-order valence-corrected chi connectivity index (χ0v) is 10.7. The Labute approximate surface area is 115 Å². The van der Waals surface area contributed by atoms with E-state index in [-0.39, 0.29) is 5.75 Å². The van der Waals surface area contributed by atoms with E-state index >= 15 is 0 Å². The molecule has 20 heavy (non-hydrogen) atoms. The molecule has 0 amide bonds. The number of hydrogen-bond acceptors (Lipinski definition) is 2. The van der Waals surface area contributed by atoms with Gasteiger partial charge in [0.25, 0.3) is 0 Å². The van der Waals surface area contributed by atoms with E-state index in [1.165, 1.54) is 0 Å². The second kappa shape index (κ2) is 4.74. The van der Waals surface area contributed by atoms with Crippen molar-refractivity contribution in [2.75, 3.05) is 0 Å². The van der Waals surface area contributed by atoms with Gasteiger partial charge in [0.15, 0.2) is 0 Å². The average Bonchev–Trinajstić information content (AvgIpc) is 2.84. The molecule has 0 aliphatic carbocycles. The van der Waals surface area contributed by atoms with Gasteiger partial charge in [-0.3, -0.25) is 0 Å². The minimum Gasteiger partial charge on any atom is -0.508 e. The van der Waals surface area contributed by atoms with E-state index in [4.69, 9.17) is 0 Å². The van der Waals surface area contributed by atoms with E-state index in [9.17, 15) is 15.0 Å². The number of fused-ring (bicyclic) bond motifs is 1. The molecule has 100 valence electrons. The third-order valence-corrected chi connectivity index (χ3v) is 3.31. The van der Waals surface area contributed by atoms with Gasteiger partial charge in [-0.15, -0.1) is 0 Å². The number of aromatic hydroxyl groups is 1. The zero-order valence-electron chi connectivity index (χ0n) is 10.7. The molecular formula is C16H13NO3. The molecule has 0 spiro atoms. The molecule has 0 saturated carbocycles. The lowest BCUT2D eigenvalue weighted by Crippen LogP contribution is -2.04. The molecule has 0 atom stereocenters. The van der Waals surface area contributed by atoms with Gasteiger partial charge in [-0.1, -0.05) is 24.3 Å². The highest BCUT2D eigenvalue weighted by Crippen LogP contribution is 2.22. The third kappa shape index (κ3) is 2.12. The number of para-hydroxylation sites is 1. The Bertz CT molecular complexity index is 772. The van der Waals surface area contributed by atoms with Crippen molar-refractivity contribution in [3.05, 3.63) is 65.9 Å². The van der Waals surface area contributed by atoms with Crippen LogP contribution in [0.4, 0.5) is 0 Å². The monoisotopic (exact) mass is 267 g/mol. The molecule has 3 rings (SSSR count). The van der Waals surface area contributed by atoms with Crippen molar-refractivity contribution in [3.8, 4) is 5.75 Å².